The summed E-state index contributed by atoms with van der Waals surface area (Å²) in [5, 5.41) is 14.3. The van der Waals surface area contributed by atoms with Gasteiger partial charge in [-0.25, -0.2) is 0 Å². The number of nitrogens with one attached hydrogen (secondary N) is 1. The highest BCUT2D eigenvalue weighted by molar-refractivity contribution is 6.31. The average molecular weight is 335 g/mol. The number of hydrogen-bond acceptors (Lipinski definition) is 4. The average Bonchev–Trinajstić information content (AvgIpc) is 2.51. The lowest BCUT2D eigenvalue weighted by Gasteiger charge is -2.08. The van der Waals surface area contributed by atoms with E-state index in [-0.39, 0.29) is 17.0 Å². The van der Waals surface area contributed by atoms with Crippen LogP contribution in [0.25, 0.3) is 0 Å². The molecule has 0 atom stereocenters. The maximum atomic E-state index is 12.2. The predicted molar refractivity (Wildman–Crippen MR) is 88.4 cm³/mol. The van der Waals surface area contributed by atoms with Crippen LogP contribution < -0.4 is 10.1 Å². The van der Waals surface area contributed by atoms with Crippen LogP contribution in [0, 0.1) is 17.0 Å². The fourth-order valence-corrected chi connectivity index (χ4v) is 2.13. The second-order valence-corrected chi connectivity index (χ2v) is 5.20. The monoisotopic (exact) mass is 334 g/mol. The molecule has 0 spiro atoms. The zero-order chi connectivity index (χ0) is 17.0. The second kappa shape index (κ2) is 7.11. The van der Waals surface area contributed by atoms with Gasteiger partial charge in [-0.2, -0.15) is 0 Å². The number of carbonyl (C=O) groups excluding carboxylic acids is 1. The summed E-state index contributed by atoms with van der Waals surface area (Å²) in [4.78, 5) is 22.7. The molecule has 2 rings (SSSR count). The highest BCUT2D eigenvalue weighted by Gasteiger charge is 2.18. The van der Waals surface area contributed by atoms with Crippen LogP contribution in [0.1, 0.15) is 22.8 Å². The molecule has 0 aliphatic rings. The minimum atomic E-state index is -0.579. The smallest absolute Gasteiger partial charge is 0.311 e. The Morgan fingerprint density at radius 2 is 2.04 bits per heavy atom. The van der Waals surface area contributed by atoms with E-state index in [2.05, 4.69) is 5.32 Å². The highest BCUT2D eigenvalue weighted by Crippen LogP contribution is 2.28. The number of nitro groups is 1. The Kier molecular flexibility index (Phi) is 5.18. The molecule has 0 heterocycles. The summed E-state index contributed by atoms with van der Waals surface area (Å²) in [6.45, 7) is 3.88. The Bertz CT molecular complexity index is 762. The standard InChI is InChI=1S/C16H15ClN2O4/c1-3-23-15-7-5-11(8-14(15)19(21)22)16(20)18-12-6-4-10(2)13(17)9-12/h4-9H,3H2,1-2H3,(H,18,20). The molecule has 0 saturated heterocycles. The van der Waals surface area contributed by atoms with Gasteiger partial charge in [0.2, 0.25) is 0 Å². The third-order valence-electron chi connectivity index (χ3n) is 3.15. The molecule has 0 saturated carbocycles. The molecule has 2 aromatic rings. The number of amides is 1. The van der Waals surface area contributed by atoms with Gasteiger partial charge >= 0.3 is 5.69 Å². The van der Waals surface area contributed by atoms with E-state index in [9.17, 15) is 14.9 Å². The zero-order valence-electron chi connectivity index (χ0n) is 12.6. The van der Waals surface area contributed by atoms with Gasteiger partial charge in [-0.15, -0.1) is 0 Å². The van der Waals surface area contributed by atoms with Crippen molar-refractivity contribution in [2.75, 3.05) is 11.9 Å². The number of aryl methyl sites for hydroxylation is 1. The number of ether oxygens (including phenoxy) is 1. The van der Waals surface area contributed by atoms with Crippen molar-refractivity contribution in [2.24, 2.45) is 0 Å². The van der Waals surface area contributed by atoms with Crippen LogP contribution >= 0.6 is 11.6 Å². The van der Waals surface area contributed by atoms with Crippen molar-refractivity contribution in [1.82, 2.24) is 0 Å². The van der Waals surface area contributed by atoms with Gasteiger partial charge < -0.3 is 10.1 Å². The number of anilines is 1. The van der Waals surface area contributed by atoms with Crippen molar-refractivity contribution >= 4 is 28.9 Å². The largest absolute Gasteiger partial charge is 0.487 e. The Morgan fingerprint density at radius 3 is 2.65 bits per heavy atom. The number of carbonyl (C=O) groups is 1. The molecule has 1 amide bonds. The first-order valence-corrected chi connectivity index (χ1v) is 7.29. The summed E-state index contributed by atoms with van der Waals surface area (Å²) in [7, 11) is 0. The van der Waals surface area contributed by atoms with Crippen molar-refractivity contribution in [2.45, 2.75) is 13.8 Å². The van der Waals surface area contributed by atoms with Gasteiger partial charge in [0, 0.05) is 22.3 Å². The maximum Gasteiger partial charge on any atom is 0.311 e. The molecule has 120 valence electrons. The van der Waals surface area contributed by atoms with E-state index in [1.165, 1.54) is 18.2 Å². The molecule has 6 nitrogen and oxygen atoms in total. The van der Waals surface area contributed by atoms with Crippen LogP contribution in [0.15, 0.2) is 36.4 Å². The summed E-state index contributed by atoms with van der Waals surface area (Å²) in [6, 6.07) is 9.19. The minimum absolute atomic E-state index is 0.132. The predicted octanol–water partition coefficient (Wildman–Crippen LogP) is 4.21. The Hall–Kier alpha value is -2.60. The summed E-state index contributed by atoms with van der Waals surface area (Å²) >= 11 is 6.01. The fraction of sp³-hybridized carbons (Fsp3) is 0.188. The van der Waals surface area contributed by atoms with E-state index in [0.29, 0.717) is 17.3 Å². The van der Waals surface area contributed by atoms with Gasteiger partial charge in [0.1, 0.15) is 0 Å². The van der Waals surface area contributed by atoms with E-state index in [4.69, 9.17) is 16.3 Å². The first kappa shape index (κ1) is 16.8. The van der Waals surface area contributed by atoms with E-state index in [1.807, 2.05) is 6.92 Å². The van der Waals surface area contributed by atoms with Crippen molar-refractivity contribution in [1.29, 1.82) is 0 Å². The van der Waals surface area contributed by atoms with Crippen molar-refractivity contribution in [3.8, 4) is 5.75 Å². The van der Waals surface area contributed by atoms with Gasteiger partial charge in [-0.1, -0.05) is 17.7 Å². The third-order valence-corrected chi connectivity index (χ3v) is 3.55. The van der Waals surface area contributed by atoms with Gasteiger partial charge in [0.25, 0.3) is 5.91 Å². The lowest BCUT2D eigenvalue weighted by molar-refractivity contribution is -0.385. The number of nitro benzene ring substituents is 1. The minimum Gasteiger partial charge on any atom is -0.487 e. The molecule has 0 aromatic heterocycles. The summed E-state index contributed by atoms with van der Waals surface area (Å²) in [6.07, 6.45) is 0. The summed E-state index contributed by atoms with van der Waals surface area (Å²) in [5.74, 6) is -0.330. The van der Waals surface area contributed by atoms with Crippen LogP contribution in [0.3, 0.4) is 0 Å². The van der Waals surface area contributed by atoms with Crippen LogP contribution in [0.2, 0.25) is 5.02 Å². The van der Waals surface area contributed by atoms with Gasteiger partial charge in [-0.3, -0.25) is 14.9 Å². The highest BCUT2D eigenvalue weighted by atomic mass is 35.5. The lowest BCUT2D eigenvalue weighted by atomic mass is 10.1. The number of halogens is 1. The third kappa shape index (κ3) is 3.98. The van der Waals surface area contributed by atoms with Gasteiger partial charge in [0.15, 0.2) is 5.75 Å². The summed E-state index contributed by atoms with van der Waals surface area (Å²) < 4.78 is 5.19. The molecule has 7 heteroatoms. The second-order valence-electron chi connectivity index (χ2n) is 4.79. The maximum absolute atomic E-state index is 12.2. The Labute approximate surface area is 138 Å². The number of hydrogen-bond donors (Lipinski definition) is 1. The van der Waals surface area contributed by atoms with Crippen LogP contribution in [-0.2, 0) is 0 Å². The quantitative estimate of drug-likeness (QED) is 0.656. The molecule has 0 fully saturated rings. The topological polar surface area (TPSA) is 81.5 Å². The fourth-order valence-electron chi connectivity index (χ4n) is 1.95. The number of nitrogens with zero attached hydrogens (tertiary/aromatic N) is 1. The molecular formula is C16H15ClN2O4. The van der Waals surface area contributed by atoms with E-state index < -0.39 is 10.8 Å². The molecule has 0 aliphatic carbocycles. The van der Waals surface area contributed by atoms with E-state index >= 15 is 0 Å². The Morgan fingerprint density at radius 1 is 1.30 bits per heavy atom. The molecule has 0 bridgehead atoms. The normalized spacial score (nSPS) is 10.2. The molecule has 1 N–H and O–H groups in total. The van der Waals surface area contributed by atoms with Crippen LogP contribution in [0.4, 0.5) is 11.4 Å². The Balaban J connectivity index is 2.26. The molecule has 0 aliphatic heterocycles. The molecule has 0 unspecified atom stereocenters. The van der Waals surface area contributed by atoms with Crippen molar-refractivity contribution in [3.63, 3.8) is 0 Å². The van der Waals surface area contributed by atoms with Crippen molar-refractivity contribution in [3.05, 3.63) is 62.7 Å². The molecule has 23 heavy (non-hydrogen) atoms. The number of benzene rings is 2. The summed E-state index contributed by atoms with van der Waals surface area (Å²) in [5.41, 5.74) is 1.32. The molecule has 2 aromatic carbocycles. The van der Waals surface area contributed by atoms with Crippen molar-refractivity contribution < 1.29 is 14.5 Å². The zero-order valence-corrected chi connectivity index (χ0v) is 13.4. The number of rotatable bonds is 5. The van der Waals surface area contributed by atoms with Crippen LogP contribution in [-0.4, -0.2) is 17.4 Å². The SMILES string of the molecule is CCOc1ccc(C(=O)Nc2ccc(C)c(Cl)c2)cc1[N+](=O)[O-]. The van der Waals surface area contributed by atoms with E-state index in [1.54, 1.807) is 25.1 Å². The molecular weight excluding hydrogens is 320 g/mol. The lowest BCUT2D eigenvalue weighted by Crippen LogP contribution is -2.12. The first-order valence-electron chi connectivity index (χ1n) is 6.91. The van der Waals surface area contributed by atoms with Gasteiger partial charge in [-0.05, 0) is 43.7 Å². The first-order chi connectivity index (χ1) is 10.9. The molecule has 0 radical (unpaired) electrons. The van der Waals surface area contributed by atoms with E-state index in [0.717, 1.165) is 5.56 Å². The van der Waals surface area contributed by atoms with Gasteiger partial charge in [0.05, 0.1) is 11.5 Å². The van der Waals surface area contributed by atoms with Crippen LogP contribution in [0.5, 0.6) is 5.75 Å².